The van der Waals surface area contributed by atoms with Crippen molar-refractivity contribution in [1.82, 2.24) is 4.98 Å². The summed E-state index contributed by atoms with van der Waals surface area (Å²) in [7, 11) is 1.64. The highest BCUT2D eigenvalue weighted by Gasteiger charge is 2.23. The molecule has 136 valence electrons. The van der Waals surface area contributed by atoms with Gasteiger partial charge in [0.15, 0.2) is 11.5 Å². The molecule has 2 heterocycles. The van der Waals surface area contributed by atoms with Crippen LogP contribution in [0.25, 0.3) is 10.2 Å². The van der Waals surface area contributed by atoms with Gasteiger partial charge in [0.05, 0.1) is 25.9 Å². The van der Waals surface area contributed by atoms with Crippen LogP contribution in [0.15, 0.2) is 28.7 Å². The van der Waals surface area contributed by atoms with Gasteiger partial charge in [-0.1, -0.05) is 34.5 Å². The molecule has 0 atom stereocenters. The summed E-state index contributed by atoms with van der Waals surface area (Å²) >= 11 is 21.2. The van der Waals surface area contributed by atoms with Crippen molar-refractivity contribution in [3.63, 3.8) is 0 Å². The molecule has 1 aromatic heterocycles. The van der Waals surface area contributed by atoms with Crippen molar-refractivity contribution in [2.24, 2.45) is 0 Å². The Labute approximate surface area is 181 Å². The summed E-state index contributed by atoms with van der Waals surface area (Å²) in [6.07, 6.45) is 0. The van der Waals surface area contributed by atoms with Crippen LogP contribution in [-0.4, -0.2) is 23.6 Å². The standard InChI is InChI=1S/C17H12BrCl2NO2S3/c1-22-12-5-8(16-24-2-3-25-16)4-10(18)15(12)23-17-21-14-11(20)6-9(19)7-13(14)26-17/h4-7,16H,2-3H2,1H3. The Kier molecular flexibility index (Phi) is 5.83. The number of hydrogen-bond donors (Lipinski definition) is 0. The summed E-state index contributed by atoms with van der Waals surface area (Å²) in [6.45, 7) is 0. The van der Waals surface area contributed by atoms with Gasteiger partial charge in [0.1, 0.15) is 5.52 Å². The molecule has 3 nitrogen and oxygen atoms in total. The zero-order chi connectivity index (χ0) is 18.3. The van der Waals surface area contributed by atoms with Crippen molar-refractivity contribution in [3.05, 3.63) is 44.3 Å². The molecule has 0 unspecified atom stereocenters. The molecular formula is C17H12BrCl2NO2S3. The van der Waals surface area contributed by atoms with Crippen molar-refractivity contribution in [2.75, 3.05) is 18.6 Å². The lowest BCUT2D eigenvalue weighted by atomic mass is 10.2. The number of ether oxygens (including phenoxy) is 2. The zero-order valence-corrected chi connectivity index (χ0v) is 19.0. The average Bonchev–Trinajstić information content (AvgIpc) is 3.26. The molecule has 1 fully saturated rings. The van der Waals surface area contributed by atoms with Crippen LogP contribution in [0.3, 0.4) is 0 Å². The Morgan fingerprint density at radius 2 is 1.92 bits per heavy atom. The number of aromatic nitrogens is 1. The molecule has 26 heavy (non-hydrogen) atoms. The van der Waals surface area contributed by atoms with Crippen LogP contribution in [0, 0.1) is 0 Å². The molecule has 0 saturated carbocycles. The minimum Gasteiger partial charge on any atom is -0.493 e. The summed E-state index contributed by atoms with van der Waals surface area (Å²) in [5.74, 6) is 3.61. The Morgan fingerprint density at radius 1 is 1.15 bits per heavy atom. The highest BCUT2D eigenvalue weighted by Crippen LogP contribution is 2.50. The molecule has 9 heteroatoms. The van der Waals surface area contributed by atoms with Gasteiger partial charge in [-0.25, -0.2) is 4.98 Å². The maximum atomic E-state index is 6.23. The summed E-state index contributed by atoms with van der Waals surface area (Å²) < 4.78 is 13.8. The average molecular weight is 509 g/mol. The molecular weight excluding hydrogens is 497 g/mol. The van der Waals surface area contributed by atoms with Crippen LogP contribution >= 0.6 is 74.0 Å². The van der Waals surface area contributed by atoms with Crippen molar-refractivity contribution in [2.45, 2.75) is 4.58 Å². The van der Waals surface area contributed by atoms with Crippen LogP contribution in [0.1, 0.15) is 10.1 Å². The fraction of sp³-hybridized carbons (Fsp3) is 0.235. The van der Waals surface area contributed by atoms with E-state index < -0.39 is 0 Å². The SMILES string of the molecule is COc1cc(C2SCCS2)cc(Br)c1Oc1nc2c(Cl)cc(Cl)cc2s1. The molecule has 0 amide bonds. The van der Waals surface area contributed by atoms with Gasteiger partial charge in [-0.05, 0) is 45.8 Å². The molecule has 0 radical (unpaired) electrons. The first-order valence-electron chi connectivity index (χ1n) is 7.59. The second kappa shape index (κ2) is 7.97. The van der Waals surface area contributed by atoms with Crippen LogP contribution < -0.4 is 9.47 Å². The number of nitrogens with zero attached hydrogens (tertiary/aromatic N) is 1. The number of benzene rings is 2. The van der Waals surface area contributed by atoms with E-state index in [1.165, 1.54) is 28.4 Å². The number of rotatable bonds is 4. The van der Waals surface area contributed by atoms with Gasteiger partial charge < -0.3 is 9.47 Å². The number of methoxy groups -OCH3 is 1. The van der Waals surface area contributed by atoms with E-state index in [1.54, 1.807) is 13.2 Å². The normalized spacial score (nSPS) is 14.9. The van der Waals surface area contributed by atoms with E-state index >= 15 is 0 Å². The van der Waals surface area contributed by atoms with Crippen molar-refractivity contribution >= 4 is 84.2 Å². The van der Waals surface area contributed by atoms with E-state index in [2.05, 4.69) is 27.0 Å². The molecule has 1 aliphatic rings. The predicted molar refractivity (Wildman–Crippen MR) is 118 cm³/mol. The third-order valence-corrected chi connectivity index (χ3v) is 8.81. The minimum atomic E-state index is 0.428. The molecule has 2 aromatic carbocycles. The van der Waals surface area contributed by atoms with Crippen LogP contribution in [0.5, 0.6) is 16.7 Å². The molecule has 0 N–H and O–H groups in total. The summed E-state index contributed by atoms with van der Waals surface area (Å²) in [6, 6.07) is 7.63. The monoisotopic (exact) mass is 507 g/mol. The van der Waals surface area contributed by atoms with Gasteiger partial charge in [0, 0.05) is 16.5 Å². The first-order chi connectivity index (χ1) is 12.5. The van der Waals surface area contributed by atoms with Gasteiger partial charge in [-0.15, -0.1) is 23.5 Å². The topological polar surface area (TPSA) is 31.4 Å². The molecule has 0 bridgehead atoms. The van der Waals surface area contributed by atoms with E-state index in [0.29, 0.717) is 36.8 Å². The summed E-state index contributed by atoms with van der Waals surface area (Å²) in [5.41, 5.74) is 1.90. The van der Waals surface area contributed by atoms with Crippen molar-refractivity contribution < 1.29 is 9.47 Å². The van der Waals surface area contributed by atoms with E-state index in [-0.39, 0.29) is 0 Å². The number of thiazole rings is 1. The zero-order valence-electron chi connectivity index (χ0n) is 13.4. The predicted octanol–water partition coefficient (Wildman–Crippen LogP) is 7.65. The van der Waals surface area contributed by atoms with Gasteiger partial charge in [-0.3, -0.25) is 0 Å². The molecule has 1 saturated heterocycles. The van der Waals surface area contributed by atoms with E-state index in [1.807, 2.05) is 35.7 Å². The Bertz CT molecular complexity index is 976. The van der Waals surface area contributed by atoms with Gasteiger partial charge >= 0.3 is 0 Å². The maximum Gasteiger partial charge on any atom is 0.280 e. The first kappa shape index (κ1) is 19.0. The van der Waals surface area contributed by atoms with Crippen molar-refractivity contribution in [3.8, 4) is 16.7 Å². The first-order valence-corrected chi connectivity index (χ1v) is 12.1. The van der Waals surface area contributed by atoms with Crippen molar-refractivity contribution in [1.29, 1.82) is 0 Å². The second-order valence-corrected chi connectivity index (χ2v) is 10.8. The number of halogens is 3. The molecule has 3 aromatic rings. The van der Waals surface area contributed by atoms with Gasteiger partial charge in [0.25, 0.3) is 5.19 Å². The van der Waals surface area contributed by atoms with Crippen LogP contribution in [0.2, 0.25) is 10.0 Å². The Hall–Kier alpha value is -0.310. The third-order valence-electron chi connectivity index (χ3n) is 3.73. The Morgan fingerprint density at radius 3 is 2.65 bits per heavy atom. The van der Waals surface area contributed by atoms with Crippen LogP contribution in [-0.2, 0) is 0 Å². The van der Waals surface area contributed by atoms with Gasteiger partial charge in [-0.2, -0.15) is 0 Å². The molecule has 4 rings (SSSR count). The highest BCUT2D eigenvalue weighted by molar-refractivity contribution is 9.10. The van der Waals surface area contributed by atoms with Gasteiger partial charge in [0.2, 0.25) is 0 Å². The number of hydrogen-bond acceptors (Lipinski definition) is 6. The van der Waals surface area contributed by atoms with E-state index in [4.69, 9.17) is 32.7 Å². The van der Waals surface area contributed by atoms with E-state index in [9.17, 15) is 0 Å². The lowest BCUT2D eigenvalue weighted by Crippen LogP contribution is -1.95. The molecule has 0 spiro atoms. The third kappa shape index (κ3) is 3.80. The second-order valence-electron chi connectivity index (χ2n) is 5.42. The summed E-state index contributed by atoms with van der Waals surface area (Å²) in [4.78, 5) is 4.49. The lowest BCUT2D eigenvalue weighted by Gasteiger charge is -2.15. The van der Waals surface area contributed by atoms with Crippen LogP contribution in [0.4, 0.5) is 0 Å². The van der Waals surface area contributed by atoms with E-state index in [0.717, 1.165) is 9.17 Å². The quantitative estimate of drug-likeness (QED) is 0.361. The minimum absolute atomic E-state index is 0.428. The smallest absolute Gasteiger partial charge is 0.280 e. The number of thioether (sulfide) groups is 2. The largest absolute Gasteiger partial charge is 0.493 e. The summed E-state index contributed by atoms with van der Waals surface area (Å²) in [5, 5.41) is 1.57. The fourth-order valence-electron chi connectivity index (χ4n) is 2.59. The number of fused-ring (bicyclic) bond motifs is 1. The maximum absolute atomic E-state index is 6.23. The highest BCUT2D eigenvalue weighted by atomic mass is 79.9. The lowest BCUT2D eigenvalue weighted by molar-refractivity contribution is 0.376. The molecule has 0 aliphatic carbocycles. The molecule has 1 aliphatic heterocycles. The fourth-order valence-corrected chi connectivity index (χ4v) is 7.50. The Balaban J connectivity index is 1.70.